The zero-order valence-corrected chi connectivity index (χ0v) is 14.3. The molecule has 0 aliphatic carbocycles. The maximum atomic E-state index is 11.4. The van der Waals surface area contributed by atoms with Gasteiger partial charge in [0.1, 0.15) is 0 Å². The molecule has 0 spiro atoms. The molecule has 0 aromatic heterocycles. The number of nitro benzene ring substituents is 2. The first-order valence-electron chi connectivity index (χ1n) is 7.80. The first kappa shape index (κ1) is 19.3. The summed E-state index contributed by atoms with van der Waals surface area (Å²) in [5.74, 6) is 0. The van der Waals surface area contributed by atoms with Gasteiger partial charge in [-0.25, -0.2) is 0 Å². The molecule has 0 saturated carbocycles. The van der Waals surface area contributed by atoms with Gasteiger partial charge in [-0.3, -0.25) is 20.2 Å². The first-order valence-corrected chi connectivity index (χ1v) is 7.80. The van der Waals surface area contributed by atoms with Crippen LogP contribution in [0.15, 0.2) is 30.3 Å². The van der Waals surface area contributed by atoms with Crippen molar-refractivity contribution in [2.45, 2.75) is 26.6 Å². The van der Waals surface area contributed by atoms with Crippen molar-refractivity contribution in [1.82, 2.24) is 0 Å². The smallest absolute Gasteiger partial charge is 0.302 e. The molecule has 1 unspecified atom stereocenters. The third-order valence-electron chi connectivity index (χ3n) is 4.09. The highest BCUT2D eigenvalue weighted by atomic mass is 16.6. The zero-order valence-electron chi connectivity index (χ0n) is 14.3. The fourth-order valence-corrected chi connectivity index (χ4v) is 2.71. The number of nitrogens with zero attached hydrogens (tertiary/aromatic N) is 2. The van der Waals surface area contributed by atoms with E-state index in [1.807, 2.05) is 13.0 Å². The van der Waals surface area contributed by atoms with Crippen LogP contribution in [0, 0.1) is 34.1 Å². The average molecular weight is 361 g/mol. The number of anilines is 1. The molecular weight excluding hydrogens is 342 g/mol. The molecule has 0 heterocycles. The molecule has 3 N–H and O–H groups in total. The maximum absolute atomic E-state index is 11.4. The van der Waals surface area contributed by atoms with Crippen LogP contribution in [0.25, 0.3) is 0 Å². The van der Waals surface area contributed by atoms with E-state index in [1.165, 1.54) is 6.92 Å². The van der Waals surface area contributed by atoms with Gasteiger partial charge in [0, 0.05) is 18.2 Å². The molecule has 0 bridgehead atoms. The third-order valence-corrected chi connectivity index (χ3v) is 4.09. The second-order valence-electron chi connectivity index (χ2n) is 5.89. The quantitative estimate of drug-likeness (QED) is 0.509. The van der Waals surface area contributed by atoms with Crippen molar-refractivity contribution in [2.75, 3.05) is 11.9 Å². The lowest BCUT2D eigenvalue weighted by Gasteiger charge is -2.15. The third kappa shape index (κ3) is 3.95. The van der Waals surface area contributed by atoms with Gasteiger partial charge in [-0.05, 0) is 25.0 Å². The normalized spacial score (nSPS) is 11.8. The summed E-state index contributed by atoms with van der Waals surface area (Å²) in [7, 11) is 0. The maximum Gasteiger partial charge on any atom is 0.302 e. The molecule has 0 radical (unpaired) electrons. The van der Waals surface area contributed by atoms with Crippen LogP contribution in [-0.2, 0) is 6.61 Å². The second-order valence-corrected chi connectivity index (χ2v) is 5.89. The summed E-state index contributed by atoms with van der Waals surface area (Å²) in [6.45, 7) is 2.56. The van der Waals surface area contributed by atoms with E-state index in [1.54, 1.807) is 18.2 Å². The van der Waals surface area contributed by atoms with Gasteiger partial charge in [-0.15, -0.1) is 0 Å². The summed E-state index contributed by atoms with van der Waals surface area (Å²) in [5.41, 5.74) is 0.459. The predicted molar refractivity (Wildman–Crippen MR) is 95.0 cm³/mol. The van der Waals surface area contributed by atoms with Crippen molar-refractivity contribution in [3.8, 4) is 0 Å². The number of benzene rings is 2. The van der Waals surface area contributed by atoms with Crippen LogP contribution in [0.2, 0.25) is 0 Å². The topological polar surface area (TPSA) is 139 Å². The van der Waals surface area contributed by atoms with Gasteiger partial charge >= 0.3 is 5.69 Å². The monoisotopic (exact) mass is 361 g/mol. The van der Waals surface area contributed by atoms with Crippen molar-refractivity contribution in [3.05, 3.63) is 72.8 Å². The van der Waals surface area contributed by atoms with Gasteiger partial charge in [0.25, 0.3) is 5.69 Å². The summed E-state index contributed by atoms with van der Waals surface area (Å²) < 4.78 is 0. The average Bonchev–Trinajstić information content (AvgIpc) is 2.58. The molecule has 2 aromatic carbocycles. The SMILES string of the molecule is Cc1cccc(C(O)CNc2c([N+](=O)[O-])cc(CO)c(C)c2[N+](=O)[O-])c1. The highest BCUT2D eigenvalue weighted by molar-refractivity contribution is 5.77. The van der Waals surface area contributed by atoms with E-state index < -0.39 is 33.9 Å². The number of nitro groups is 2. The molecule has 9 heteroatoms. The molecule has 2 aromatic rings. The largest absolute Gasteiger partial charge is 0.392 e. The number of nitrogens with one attached hydrogen (secondary N) is 1. The molecule has 0 aliphatic rings. The van der Waals surface area contributed by atoms with Crippen molar-refractivity contribution in [2.24, 2.45) is 0 Å². The zero-order chi connectivity index (χ0) is 19.4. The van der Waals surface area contributed by atoms with Crippen LogP contribution in [0.4, 0.5) is 17.1 Å². The summed E-state index contributed by atoms with van der Waals surface area (Å²) in [6, 6.07) is 8.18. The Kier molecular flexibility index (Phi) is 5.86. The fourth-order valence-electron chi connectivity index (χ4n) is 2.71. The molecular formula is C17H19N3O6. The number of aliphatic hydroxyl groups is 2. The van der Waals surface area contributed by atoms with Crippen LogP contribution in [0.3, 0.4) is 0 Å². The molecule has 138 valence electrons. The van der Waals surface area contributed by atoms with Gasteiger partial charge in [0.15, 0.2) is 5.69 Å². The van der Waals surface area contributed by atoms with Crippen LogP contribution >= 0.6 is 0 Å². The molecule has 0 amide bonds. The van der Waals surface area contributed by atoms with E-state index in [4.69, 9.17) is 0 Å². The molecule has 0 fully saturated rings. The number of hydrogen-bond acceptors (Lipinski definition) is 7. The highest BCUT2D eigenvalue weighted by Crippen LogP contribution is 2.39. The van der Waals surface area contributed by atoms with Crippen LogP contribution in [0.5, 0.6) is 0 Å². The van der Waals surface area contributed by atoms with Gasteiger partial charge in [-0.2, -0.15) is 0 Å². The Balaban J connectivity index is 2.42. The Morgan fingerprint density at radius 1 is 1.15 bits per heavy atom. The lowest BCUT2D eigenvalue weighted by atomic mass is 10.0. The molecule has 26 heavy (non-hydrogen) atoms. The van der Waals surface area contributed by atoms with E-state index in [2.05, 4.69) is 5.32 Å². The van der Waals surface area contributed by atoms with Crippen LogP contribution in [0.1, 0.15) is 28.4 Å². The molecule has 9 nitrogen and oxygen atoms in total. The van der Waals surface area contributed by atoms with Gasteiger partial charge in [0.2, 0.25) is 0 Å². The summed E-state index contributed by atoms with van der Waals surface area (Å²) in [4.78, 5) is 21.3. The van der Waals surface area contributed by atoms with E-state index in [-0.39, 0.29) is 23.4 Å². The summed E-state index contributed by atoms with van der Waals surface area (Å²) in [6.07, 6.45) is -1.01. The minimum Gasteiger partial charge on any atom is -0.392 e. The fraction of sp³-hybridized carbons (Fsp3) is 0.294. The van der Waals surface area contributed by atoms with Crippen molar-refractivity contribution < 1.29 is 20.1 Å². The highest BCUT2D eigenvalue weighted by Gasteiger charge is 2.30. The lowest BCUT2D eigenvalue weighted by Crippen LogP contribution is -2.15. The number of rotatable bonds is 7. The predicted octanol–water partition coefficient (Wildman–Crippen LogP) is 2.76. The molecule has 0 saturated heterocycles. The molecule has 1 atom stereocenters. The Morgan fingerprint density at radius 3 is 2.38 bits per heavy atom. The molecule has 2 rings (SSSR count). The summed E-state index contributed by atoms with van der Waals surface area (Å²) in [5, 5.41) is 45.0. The number of aliphatic hydroxyl groups excluding tert-OH is 2. The Labute approximate surface area is 149 Å². The molecule has 0 aliphatic heterocycles. The van der Waals surface area contributed by atoms with Crippen LogP contribution in [-0.4, -0.2) is 26.6 Å². The Hall–Kier alpha value is -3.04. The van der Waals surface area contributed by atoms with E-state index in [0.29, 0.717) is 5.56 Å². The van der Waals surface area contributed by atoms with Gasteiger partial charge in [-0.1, -0.05) is 29.8 Å². The van der Waals surface area contributed by atoms with E-state index in [0.717, 1.165) is 11.6 Å². The lowest BCUT2D eigenvalue weighted by molar-refractivity contribution is -0.392. The van der Waals surface area contributed by atoms with Crippen molar-refractivity contribution in [3.63, 3.8) is 0 Å². The van der Waals surface area contributed by atoms with Crippen LogP contribution < -0.4 is 5.32 Å². The van der Waals surface area contributed by atoms with Crippen molar-refractivity contribution >= 4 is 17.1 Å². The second kappa shape index (κ2) is 7.89. The van der Waals surface area contributed by atoms with E-state index in [9.17, 15) is 30.4 Å². The minimum atomic E-state index is -1.01. The Morgan fingerprint density at radius 2 is 1.85 bits per heavy atom. The first-order chi connectivity index (χ1) is 12.3. The van der Waals surface area contributed by atoms with Gasteiger partial charge in [0.05, 0.1) is 22.6 Å². The standard InChI is InChI=1S/C17H19N3O6/c1-10-4-3-5-12(6-10)15(22)8-18-16-14(19(23)24)7-13(9-21)11(2)17(16)20(25)26/h3-7,15,18,21-22H,8-9H2,1-2H3. The Bertz CT molecular complexity index is 853. The van der Waals surface area contributed by atoms with Crippen molar-refractivity contribution in [1.29, 1.82) is 0 Å². The number of hydrogen-bond donors (Lipinski definition) is 3. The van der Waals surface area contributed by atoms with E-state index >= 15 is 0 Å². The summed E-state index contributed by atoms with van der Waals surface area (Å²) >= 11 is 0. The number of aryl methyl sites for hydroxylation is 1. The minimum absolute atomic E-state index is 0.105. The van der Waals surface area contributed by atoms with Gasteiger partial charge < -0.3 is 15.5 Å².